The van der Waals surface area contributed by atoms with Gasteiger partial charge in [0.15, 0.2) is 11.6 Å². The van der Waals surface area contributed by atoms with E-state index in [0.717, 1.165) is 12.1 Å². The molecule has 0 fully saturated rings. The molecule has 0 aliphatic heterocycles. The van der Waals surface area contributed by atoms with Crippen molar-refractivity contribution in [1.29, 1.82) is 0 Å². The van der Waals surface area contributed by atoms with Gasteiger partial charge in [-0.25, -0.2) is 9.18 Å². The Morgan fingerprint density at radius 1 is 1.57 bits per heavy atom. The van der Waals surface area contributed by atoms with Gasteiger partial charge in [0.05, 0.1) is 7.11 Å². The molecule has 0 atom stereocenters. The Balaban J connectivity index is 2.91. The van der Waals surface area contributed by atoms with Crippen molar-refractivity contribution in [2.75, 3.05) is 7.11 Å². The van der Waals surface area contributed by atoms with Gasteiger partial charge in [-0.2, -0.15) is 0 Å². The first-order valence-electron chi connectivity index (χ1n) is 3.72. The van der Waals surface area contributed by atoms with E-state index in [9.17, 15) is 9.18 Å². The molecule has 0 bridgehead atoms. The van der Waals surface area contributed by atoms with Crippen LogP contribution >= 0.6 is 0 Å². The van der Waals surface area contributed by atoms with Crippen LogP contribution in [0.25, 0.3) is 0 Å². The van der Waals surface area contributed by atoms with Crippen molar-refractivity contribution in [3.63, 3.8) is 0 Å². The molecule has 0 aliphatic carbocycles. The minimum atomic E-state index is -0.776. The Kier molecular flexibility index (Phi) is 3.08. The molecule has 0 aliphatic rings. The number of benzene rings is 1. The van der Waals surface area contributed by atoms with Crippen molar-refractivity contribution in [3.05, 3.63) is 29.6 Å². The molecule has 0 aromatic heterocycles. The number of carbonyl (C=O) groups excluding carboxylic acids is 1. The van der Waals surface area contributed by atoms with Gasteiger partial charge in [0, 0.05) is 11.5 Å². The van der Waals surface area contributed by atoms with Crippen LogP contribution in [0.5, 0.6) is 5.75 Å². The number of carbonyl (C=O) groups is 1. The van der Waals surface area contributed by atoms with Crippen LogP contribution < -0.4 is 0 Å². The molecule has 0 saturated heterocycles. The number of esters is 1. The molecular weight excluding hydrogens is 187 g/mol. The third kappa shape index (κ3) is 2.49. The van der Waals surface area contributed by atoms with Crippen molar-refractivity contribution >= 4 is 5.97 Å². The number of rotatable bonds is 0. The quantitative estimate of drug-likeness (QED) is 0.496. The molecule has 0 saturated carbocycles. The van der Waals surface area contributed by atoms with Gasteiger partial charge in [-0.15, -0.1) is 0 Å². The van der Waals surface area contributed by atoms with E-state index in [1.165, 1.54) is 13.2 Å². The Morgan fingerprint density at radius 2 is 2.29 bits per heavy atom. The predicted octanol–water partition coefficient (Wildman–Crippen LogP) is 1.06. The van der Waals surface area contributed by atoms with Gasteiger partial charge in [-0.05, 0) is 18.2 Å². The lowest BCUT2D eigenvalue weighted by molar-refractivity contribution is -0.133. The number of halogens is 1. The lowest BCUT2D eigenvalue weighted by atomic mass is 10.2. The summed E-state index contributed by atoms with van der Waals surface area (Å²) in [5, 5.41) is 8.85. The normalized spacial score (nSPS) is 8.71. The van der Waals surface area contributed by atoms with Crippen molar-refractivity contribution in [1.82, 2.24) is 0 Å². The Hall–Kier alpha value is -2.02. The van der Waals surface area contributed by atoms with Crippen LogP contribution in [-0.2, 0) is 9.53 Å². The highest BCUT2D eigenvalue weighted by Crippen LogP contribution is 2.15. The number of phenols is 1. The van der Waals surface area contributed by atoms with E-state index in [4.69, 9.17) is 5.11 Å². The van der Waals surface area contributed by atoms with Crippen LogP contribution in [0.4, 0.5) is 4.39 Å². The zero-order valence-corrected chi connectivity index (χ0v) is 7.37. The maximum Gasteiger partial charge on any atom is 0.384 e. The lowest BCUT2D eigenvalue weighted by Gasteiger charge is -1.94. The number of hydrogen-bond acceptors (Lipinski definition) is 3. The van der Waals surface area contributed by atoms with E-state index < -0.39 is 17.5 Å². The second kappa shape index (κ2) is 4.28. The molecule has 4 heteroatoms. The smallest absolute Gasteiger partial charge is 0.384 e. The zero-order chi connectivity index (χ0) is 10.6. The van der Waals surface area contributed by atoms with Crippen LogP contribution in [0.1, 0.15) is 5.56 Å². The second-order valence-corrected chi connectivity index (χ2v) is 2.41. The molecule has 1 aromatic rings. The summed E-state index contributed by atoms with van der Waals surface area (Å²) in [6.45, 7) is 0. The molecule has 0 amide bonds. The molecule has 72 valence electrons. The van der Waals surface area contributed by atoms with E-state index >= 15 is 0 Å². The standard InChI is InChI=1S/C10H7FO3/c1-14-10(13)5-3-7-2-4-9(12)8(11)6-7/h2,4,6,12H,1H3. The summed E-state index contributed by atoms with van der Waals surface area (Å²) in [6.07, 6.45) is 0. The van der Waals surface area contributed by atoms with Crippen LogP contribution in [0.3, 0.4) is 0 Å². The van der Waals surface area contributed by atoms with Crippen molar-refractivity contribution < 1.29 is 19.0 Å². The average Bonchev–Trinajstić information content (AvgIpc) is 2.19. The van der Waals surface area contributed by atoms with E-state index in [0.29, 0.717) is 5.56 Å². The third-order valence-corrected chi connectivity index (χ3v) is 1.44. The van der Waals surface area contributed by atoms with Crippen LogP contribution in [0, 0.1) is 17.7 Å². The fourth-order valence-electron chi connectivity index (χ4n) is 0.759. The van der Waals surface area contributed by atoms with Gasteiger partial charge in [0.25, 0.3) is 0 Å². The van der Waals surface area contributed by atoms with E-state index in [1.807, 2.05) is 0 Å². The Bertz CT molecular complexity index is 415. The first kappa shape index (κ1) is 10.1. The van der Waals surface area contributed by atoms with Gasteiger partial charge >= 0.3 is 5.97 Å². The maximum atomic E-state index is 12.8. The van der Waals surface area contributed by atoms with E-state index in [2.05, 4.69) is 16.6 Å². The highest BCUT2D eigenvalue weighted by Gasteiger charge is 1.99. The molecule has 3 nitrogen and oxygen atoms in total. The number of hydrogen-bond donors (Lipinski definition) is 1. The summed E-state index contributed by atoms with van der Waals surface area (Å²) in [6, 6.07) is 3.59. The minimum Gasteiger partial charge on any atom is -0.505 e. The average molecular weight is 194 g/mol. The van der Waals surface area contributed by atoms with E-state index in [-0.39, 0.29) is 0 Å². The van der Waals surface area contributed by atoms with Gasteiger partial charge in [-0.1, -0.05) is 5.92 Å². The highest BCUT2D eigenvalue weighted by molar-refractivity contribution is 5.88. The number of phenolic OH excluding ortho intramolecular Hbond substituents is 1. The molecule has 1 rings (SSSR count). The summed E-state index contributed by atoms with van der Waals surface area (Å²) in [5.41, 5.74) is 0.297. The lowest BCUT2D eigenvalue weighted by Crippen LogP contribution is -1.94. The third-order valence-electron chi connectivity index (χ3n) is 1.44. The molecule has 1 N–H and O–H groups in total. The number of aromatic hydroxyl groups is 1. The molecule has 14 heavy (non-hydrogen) atoms. The molecule has 0 heterocycles. The summed E-state index contributed by atoms with van der Waals surface area (Å²) in [4.78, 5) is 10.6. The second-order valence-electron chi connectivity index (χ2n) is 2.41. The van der Waals surface area contributed by atoms with Gasteiger partial charge < -0.3 is 9.84 Å². The van der Waals surface area contributed by atoms with Crippen LogP contribution in [0.15, 0.2) is 18.2 Å². The van der Waals surface area contributed by atoms with Gasteiger partial charge in [-0.3, -0.25) is 0 Å². The maximum absolute atomic E-state index is 12.8. The van der Waals surface area contributed by atoms with Crippen molar-refractivity contribution in [2.24, 2.45) is 0 Å². The fourth-order valence-corrected chi connectivity index (χ4v) is 0.759. The molecule has 1 aromatic carbocycles. The summed E-state index contributed by atoms with van der Waals surface area (Å²) in [5.74, 6) is 2.60. The number of methoxy groups -OCH3 is 1. The SMILES string of the molecule is COC(=O)C#Cc1ccc(O)c(F)c1. The largest absolute Gasteiger partial charge is 0.505 e. The summed E-state index contributed by atoms with van der Waals surface area (Å²) >= 11 is 0. The minimum absolute atomic E-state index is 0.297. The van der Waals surface area contributed by atoms with Gasteiger partial charge in [0.2, 0.25) is 0 Å². The summed E-state index contributed by atoms with van der Waals surface area (Å²) in [7, 11) is 1.20. The molecular formula is C10H7FO3. The first-order chi connectivity index (χ1) is 6.63. The molecule has 0 radical (unpaired) electrons. The van der Waals surface area contributed by atoms with Gasteiger partial charge in [0.1, 0.15) is 0 Å². The van der Waals surface area contributed by atoms with Crippen LogP contribution in [-0.4, -0.2) is 18.2 Å². The van der Waals surface area contributed by atoms with Crippen molar-refractivity contribution in [2.45, 2.75) is 0 Å². The first-order valence-corrected chi connectivity index (χ1v) is 3.72. The summed E-state index contributed by atoms with van der Waals surface area (Å²) < 4.78 is 17.0. The zero-order valence-electron chi connectivity index (χ0n) is 7.37. The predicted molar refractivity (Wildman–Crippen MR) is 47.0 cm³/mol. The van der Waals surface area contributed by atoms with E-state index in [1.54, 1.807) is 0 Å². The van der Waals surface area contributed by atoms with Crippen molar-refractivity contribution in [3.8, 4) is 17.6 Å². The highest BCUT2D eigenvalue weighted by atomic mass is 19.1. The molecule has 0 unspecified atom stereocenters. The Labute approximate surface area is 80.1 Å². The van der Waals surface area contributed by atoms with Crippen LogP contribution in [0.2, 0.25) is 0 Å². The molecule has 0 spiro atoms. The monoisotopic (exact) mass is 194 g/mol. The Morgan fingerprint density at radius 3 is 2.86 bits per heavy atom. The number of ether oxygens (including phenoxy) is 1. The fraction of sp³-hybridized carbons (Fsp3) is 0.100. The topological polar surface area (TPSA) is 46.5 Å².